The highest BCUT2D eigenvalue weighted by Crippen LogP contribution is 2.27. The van der Waals surface area contributed by atoms with Gasteiger partial charge in [-0.15, -0.1) is 0 Å². The molecule has 0 amide bonds. The van der Waals surface area contributed by atoms with Gasteiger partial charge in [0.05, 0.1) is 0 Å². The van der Waals surface area contributed by atoms with Gasteiger partial charge in [-0.05, 0) is 24.2 Å². The lowest BCUT2D eigenvalue weighted by Crippen LogP contribution is -2.16. The molecule has 0 aromatic carbocycles. The standard InChI is InChI=1S/C14H28O2/c1-5-7-11(3)12(4)9-13(8-6-2)10-14(15)16/h11-13H,5-10H2,1-4H3,(H,15,16). The van der Waals surface area contributed by atoms with E-state index in [2.05, 4.69) is 27.7 Å². The summed E-state index contributed by atoms with van der Waals surface area (Å²) in [5.74, 6) is 1.10. The van der Waals surface area contributed by atoms with Crippen LogP contribution in [0.25, 0.3) is 0 Å². The first-order valence-electron chi connectivity index (χ1n) is 6.72. The second kappa shape index (κ2) is 8.60. The molecule has 0 aliphatic carbocycles. The first-order valence-corrected chi connectivity index (χ1v) is 6.72. The summed E-state index contributed by atoms with van der Waals surface area (Å²) in [5.41, 5.74) is 0. The van der Waals surface area contributed by atoms with Gasteiger partial charge in [-0.1, -0.05) is 53.4 Å². The van der Waals surface area contributed by atoms with E-state index < -0.39 is 5.97 Å². The Hall–Kier alpha value is -0.530. The molecule has 3 unspecified atom stereocenters. The average molecular weight is 228 g/mol. The lowest BCUT2D eigenvalue weighted by molar-refractivity contribution is -0.138. The highest BCUT2D eigenvalue weighted by atomic mass is 16.4. The van der Waals surface area contributed by atoms with Crippen molar-refractivity contribution in [1.82, 2.24) is 0 Å². The van der Waals surface area contributed by atoms with Crippen molar-refractivity contribution in [3.8, 4) is 0 Å². The fourth-order valence-corrected chi connectivity index (χ4v) is 2.46. The molecule has 3 atom stereocenters. The van der Waals surface area contributed by atoms with E-state index in [1.54, 1.807) is 0 Å². The van der Waals surface area contributed by atoms with E-state index in [0.29, 0.717) is 18.3 Å². The zero-order valence-electron chi connectivity index (χ0n) is 11.3. The number of rotatable bonds is 9. The summed E-state index contributed by atoms with van der Waals surface area (Å²) >= 11 is 0. The van der Waals surface area contributed by atoms with E-state index in [-0.39, 0.29) is 0 Å². The van der Waals surface area contributed by atoms with E-state index >= 15 is 0 Å². The topological polar surface area (TPSA) is 37.3 Å². The molecule has 96 valence electrons. The number of aliphatic carboxylic acids is 1. The van der Waals surface area contributed by atoms with Gasteiger partial charge in [-0.25, -0.2) is 0 Å². The molecule has 0 aromatic heterocycles. The average Bonchev–Trinajstić information content (AvgIpc) is 2.17. The molecule has 2 heteroatoms. The van der Waals surface area contributed by atoms with E-state index in [1.165, 1.54) is 12.8 Å². The molecule has 0 aliphatic heterocycles. The SMILES string of the molecule is CCCC(CC(=O)O)CC(C)C(C)CCC. The molecular formula is C14H28O2. The van der Waals surface area contributed by atoms with Crippen LogP contribution in [0.5, 0.6) is 0 Å². The number of hydrogen-bond donors (Lipinski definition) is 1. The highest BCUT2D eigenvalue weighted by Gasteiger charge is 2.19. The van der Waals surface area contributed by atoms with Gasteiger partial charge < -0.3 is 5.11 Å². The fourth-order valence-electron chi connectivity index (χ4n) is 2.46. The molecule has 16 heavy (non-hydrogen) atoms. The maximum atomic E-state index is 10.8. The van der Waals surface area contributed by atoms with Crippen LogP contribution >= 0.6 is 0 Å². The van der Waals surface area contributed by atoms with Gasteiger partial charge in [-0.2, -0.15) is 0 Å². The van der Waals surface area contributed by atoms with Crippen molar-refractivity contribution < 1.29 is 9.90 Å². The summed E-state index contributed by atoms with van der Waals surface area (Å²) < 4.78 is 0. The summed E-state index contributed by atoms with van der Waals surface area (Å²) in [7, 11) is 0. The van der Waals surface area contributed by atoms with Gasteiger partial charge in [0.25, 0.3) is 0 Å². The molecule has 0 saturated carbocycles. The fraction of sp³-hybridized carbons (Fsp3) is 0.929. The van der Waals surface area contributed by atoms with Crippen LogP contribution in [0.1, 0.15) is 66.2 Å². The van der Waals surface area contributed by atoms with Crippen LogP contribution in [-0.4, -0.2) is 11.1 Å². The first-order chi connectivity index (χ1) is 7.51. The van der Waals surface area contributed by atoms with Gasteiger partial charge in [-0.3, -0.25) is 4.79 Å². The third kappa shape index (κ3) is 6.86. The van der Waals surface area contributed by atoms with Gasteiger partial charge in [0.15, 0.2) is 0 Å². The van der Waals surface area contributed by atoms with E-state index in [1.807, 2.05) is 0 Å². The molecule has 1 N–H and O–H groups in total. The smallest absolute Gasteiger partial charge is 0.303 e. The molecule has 2 nitrogen and oxygen atoms in total. The molecule has 0 radical (unpaired) electrons. The lowest BCUT2D eigenvalue weighted by atomic mass is 9.82. The van der Waals surface area contributed by atoms with Crippen molar-refractivity contribution in [2.24, 2.45) is 17.8 Å². The second-order valence-electron chi connectivity index (χ2n) is 5.23. The third-order valence-corrected chi connectivity index (χ3v) is 3.58. The summed E-state index contributed by atoms with van der Waals surface area (Å²) in [6, 6.07) is 0. The maximum absolute atomic E-state index is 10.8. The molecule has 0 aliphatic rings. The molecule has 0 rings (SSSR count). The van der Waals surface area contributed by atoms with Crippen LogP contribution < -0.4 is 0 Å². The number of carbonyl (C=O) groups is 1. The van der Waals surface area contributed by atoms with Gasteiger partial charge in [0.1, 0.15) is 0 Å². The van der Waals surface area contributed by atoms with Crippen molar-refractivity contribution in [1.29, 1.82) is 0 Å². The summed E-state index contributed by atoms with van der Waals surface area (Å²) in [6.07, 6.45) is 6.04. The second-order valence-corrected chi connectivity index (χ2v) is 5.23. The van der Waals surface area contributed by atoms with Gasteiger partial charge in [0.2, 0.25) is 0 Å². The Morgan fingerprint density at radius 3 is 2.06 bits per heavy atom. The Bertz CT molecular complexity index is 189. The van der Waals surface area contributed by atoms with Crippen molar-refractivity contribution in [2.45, 2.75) is 66.2 Å². The number of carboxylic acid groups (broad SMARTS) is 1. The van der Waals surface area contributed by atoms with Crippen LogP contribution in [0, 0.1) is 17.8 Å². The molecule has 0 aromatic rings. The number of carboxylic acids is 1. The van der Waals surface area contributed by atoms with Crippen LogP contribution in [0.4, 0.5) is 0 Å². The monoisotopic (exact) mass is 228 g/mol. The molecule has 0 heterocycles. The largest absolute Gasteiger partial charge is 0.481 e. The molecular weight excluding hydrogens is 200 g/mol. The van der Waals surface area contributed by atoms with Crippen molar-refractivity contribution in [2.75, 3.05) is 0 Å². The van der Waals surface area contributed by atoms with E-state index in [4.69, 9.17) is 5.11 Å². The minimum Gasteiger partial charge on any atom is -0.481 e. The van der Waals surface area contributed by atoms with Gasteiger partial charge >= 0.3 is 5.97 Å². The molecule has 0 fully saturated rings. The number of hydrogen-bond acceptors (Lipinski definition) is 1. The predicted molar refractivity (Wildman–Crippen MR) is 68.5 cm³/mol. The van der Waals surface area contributed by atoms with E-state index in [0.717, 1.165) is 25.2 Å². The molecule has 0 saturated heterocycles. The third-order valence-electron chi connectivity index (χ3n) is 3.58. The van der Waals surface area contributed by atoms with Gasteiger partial charge in [0, 0.05) is 6.42 Å². The predicted octanol–water partition coefficient (Wildman–Crippen LogP) is 4.34. The van der Waals surface area contributed by atoms with Crippen LogP contribution in [0.2, 0.25) is 0 Å². The van der Waals surface area contributed by atoms with Crippen molar-refractivity contribution >= 4 is 5.97 Å². The van der Waals surface area contributed by atoms with Crippen LogP contribution in [-0.2, 0) is 4.79 Å². The van der Waals surface area contributed by atoms with Crippen LogP contribution in [0.15, 0.2) is 0 Å². The van der Waals surface area contributed by atoms with Crippen LogP contribution in [0.3, 0.4) is 0 Å². The Morgan fingerprint density at radius 1 is 1.06 bits per heavy atom. The normalized spacial score (nSPS) is 16.8. The zero-order chi connectivity index (χ0) is 12.6. The summed E-state index contributed by atoms with van der Waals surface area (Å²) in [5, 5.41) is 8.87. The Balaban J connectivity index is 4.10. The summed E-state index contributed by atoms with van der Waals surface area (Å²) in [6.45, 7) is 8.90. The maximum Gasteiger partial charge on any atom is 0.303 e. The Morgan fingerprint density at radius 2 is 1.62 bits per heavy atom. The highest BCUT2D eigenvalue weighted by molar-refractivity contribution is 5.66. The minimum absolute atomic E-state index is 0.344. The van der Waals surface area contributed by atoms with E-state index in [9.17, 15) is 4.79 Å². The Labute approximate surface area is 100 Å². The minimum atomic E-state index is -0.645. The summed E-state index contributed by atoms with van der Waals surface area (Å²) in [4.78, 5) is 10.8. The molecule has 0 bridgehead atoms. The Kier molecular flexibility index (Phi) is 8.32. The first kappa shape index (κ1) is 15.5. The zero-order valence-corrected chi connectivity index (χ0v) is 11.3. The lowest BCUT2D eigenvalue weighted by Gasteiger charge is -2.24. The van der Waals surface area contributed by atoms with Crippen molar-refractivity contribution in [3.05, 3.63) is 0 Å². The molecule has 0 spiro atoms. The van der Waals surface area contributed by atoms with Crippen molar-refractivity contribution in [3.63, 3.8) is 0 Å². The quantitative estimate of drug-likeness (QED) is 0.637.